The summed E-state index contributed by atoms with van der Waals surface area (Å²) in [5.41, 5.74) is 8.07. The van der Waals surface area contributed by atoms with Gasteiger partial charge in [-0.1, -0.05) is 39.0 Å². The lowest BCUT2D eigenvalue weighted by atomic mass is 9.82. The number of rotatable bonds is 5. The third-order valence-corrected chi connectivity index (χ3v) is 4.81. The molecule has 3 nitrogen and oxygen atoms in total. The minimum atomic E-state index is -1.20. The number of nitrogens with two attached hydrogens (primary N) is 1. The van der Waals surface area contributed by atoms with Gasteiger partial charge in [-0.2, -0.15) is 0 Å². The van der Waals surface area contributed by atoms with E-state index in [1.54, 1.807) is 7.11 Å². The van der Waals surface area contributed by atoms with Gasteiger partial charge in [-0.05, 0) is 47.0 Å². The molecular weight excluding hydrogens is 302 g/mol. The minimum absolute atomic E-state index is 0.00856. The Morgan fingerprint density at radius 1 is 1.13 bits per heavy atom. The summed E-state index contributed by atoms with van der Waals surface area (Å²) in [7, 11) is 0.526. The molecule has 0 aliphatic rings. The van der Waals surface area contributed by atoms with E-state index < -0.39 is 9.04 Å². The molecule has 1 unspecified atom stereocenters. The Bertz CT molecular complexity index is 677. The van der Waals surface area contributed by atoms with E-state index in [9.17, 15) is 0 Å². The van der Waals surface area contributed by atoms with Crippen LogP contribution < -0.4 is 10.5 Å². The van der Waals surface area contributed by atoms with Crippen LogP contribution in [-0.4, -0.2) is 16.2 Å². The maximum atomic E-state index is 6.44. The highest BCUT2D eigenvalue weighted by Gasteiger charge is 2.31. The average molecular weight is 332 g/mol. The Morgan fingerprint density at radius 2 is 1.83 bits per heavy atom. The summed E-state index contributed by atoms with van der Waals surface area (Å²) >= 11 is 0. The molecule has 0 saturated carbocycles. The molecule has 4 heteroatoms. The van der Waals surface area contributed by atoms with Crippen molar-refractivity contribution in [3.05, 3.63) is 41.5 Å². The van der Waals surface area contributed by atoms with E-state index in [0.29, 0.717) is 6.54 Å². The van der Waals surface area contributed by atoms with Gasteiger partial charge >= 0.3 is 0 Å². The molecular formula is C19H29NO2Si. The molecule has 2 N–H and O–H groups in total. The minimum Gasteiger partial charge on any atom is -0.496 e. The molecule has 1 atom stereocenters. The van der Waals surface area contributed by atoms with Gasteiger partial charge in [0.2, 0.25) is 0 Å². The summed E-state index contributed by atoms with van der Waals surface area (Å²) < 4.78 is 12.1. The number of hydrogen-bond donors (Lipinski definition) is 1. The van der Waals surface area contributed by atoms with Gasteiger partial charge in [0.15, 0.2) is 9.04 Å². The fourth-order valence-corrected chi connectivity index (χ4v) is 4.02. The summed E-state index contributed by atoms with van der Waals surface area (Å²) in [6.45, 7) is 11.6. The number of benzene rings is 2. The lowest BCUT2D eigenvalue weighted by Gasteiger charge is -2.34. The topological polar surface area (TPSA) is 44.5 Å². The van der Waals surface area contributed by atoms with Crippen molar-refractivity contribution in [3.63, 3.8) is 0 Å². The van der Waals surface area contributed by atoms with Crippen molar-refractivity contribution in [2.45, 2.75) is 46.5 Å². The number of hydrogen-bond acceptors (Lipinski definition) is 3. The Labute approximate surface area is 141 Å². The van der Waals surface area contributed by atoms with Crippen LogP contribution in [0.1, 0.15) is 38.0 Å². The van der Waals surface area contributed by atoms with E-state index in [4.69, 9.17) is 14.9 Å². The van der Waals surface area contributed by atoms with Gasteiger partial charge in [0.1, 0.15) is 5.75 Å². The summed E-state index contributed by atoms with van der Waals surface area (Å²) in [6, 6.07) is 10.5. The first-order valence-corrected chi connectivity index (χ1v) is 11.0. The van der Waals surface area contributed by atoms with E-state index in [0.717, 1.165) is 16.9 Å². The quantitative estimate of drug-likeness (QED) is 0.826. The van der Waals surface area contributed by atoms with Crippen LogP contribution in [0.3, 0.4) is 0 Å². The Morgan fingerprint density at radius 3 is 2.35 bits per heavy atom. The zero-order valence-corrected chi connectivity index (χ0v) is 16.3. The standard InChI is InChI=1S/C19H29NO2Si/c1-19(2,3)18(22-23(5)6)17-15-9-7-13(12-20)11-14(15)8-10-16(17)21-4/h7-11,18,23H,12,20H2,1-6H3. The molecule has 0 amide bonds. The Kier molecular flexibility index (Phi) is 5.50. The van der Waals surface area contributed by atoms with Gasteiger partial charge in [-0.3, -0.25) is 0 Å². The monoisotopic (exact) mass is 331 g/mol. The second-order valence-corrected chi connectivity index (χ2v) is 9.74. The number of fused-ring (bicyclic) bond motifs is 1. The van der Waals surface area contributed by atoms with E-state index >= 15 is 0 Å². The molecule has 0 fully saturated rings. The maximum absolute atomic E-state index is 6.44. The van der Waals surface area contributed by atoms with E-state index in [-0.39, 0.29) is 11.5 Å². The summed E-state index contributed by atoms with van der Waals surface area (Å²) in [5.74, 6) is 0.896. The van der Waals surface area contributed by atoms with Crippen molar-refractivity contribution in [1.82, 2.24) is 0 Å². The normalized spacial score (nSPS) is 13.6. The van der Waals surface area contributed by atoms with Crippen LogP contribution in [0.4, 0.5) is 0 Å². The fourth-order valence-electron chi connectivity index (χ4n) is 2.94. The SMILES string of the molecule is COc1ccc2cc(CN)ccc2c1C(O[SiH](C)C)C(C)(C)C. The van der Waals surface area contributed by atoms with Crippen molar-refractivity contribution in [2.24, 2.45) is 11.1 Å². The predicted molar refractivity (Wildman–Crippen MR) is 101 cm³/mol. The molecule has 0 aliphatic heterocycles. The van der Waals surface area contributed by atoms with Crippen LogP contribution in [0.25, 0.3) is 10.8 Å². The zero-order chi connectivity index (χ0) is 17.2. The molecule has 23 heavy (non-hydrogen) atoms. The van der Waals surface area contributed by atoms with E-state index in [2.05, 4.69) is 58.1 Å². The van der Waals surface area contributed by atoms with E-state index in [1.165, 1.54) is 10.8 Å². The molecule has 0 radical (unpaired) electrons. The highest BCUT2D eigenvalue weighted by Crippen LogP contribution is 2.44. The first kappa shape index (κ1) is 18.0. The van der Waals surface area contributed by atoms with Gasteiger partial charge in [-0.25, -0.2) is 0 Å². The molecule has 0 bridgehead atoms. The van der Waals surface area contributed by atoms with Crippen LogP contribution in [0, 0.1) is 5.41 Å². The van der Waals surface area contributed by atoms with Gasteiger partial charge in [0, 0.05) is 12.1 Å². The number of methoxy groups -OCH3 is 1. The molecule has 0 heterocycles. The zero-order valence-electron chi connectivity index (χ0n) is 15.1. The second-order valence-electron chi connectivity index (χ2n) is 7.37. The van der Waals surface area contributed by atoms with Crippen LogP contribution in [0.15, 0.2) is 30.3 Å². The second kappa shape index (κ2) is 7.03. The van der Waals surface area contributed by atoms with Gasteiger partial charge in [0.05, 0.1) is 13.2 Å². The molecule has 2 rings (SSSR count). The lowest BCUT2D eigenvalue weighted by molar-refractivity contribution is 0.0854. The Balaban J connectivity index is 2.72. The molecule has 0 saturated heterocycles. The third-order valence-electron chi connectivity index (χ3n) is 4.00. The van der Waals surface area contributed by atoms with Crippen LogP contribution in [0.2, 0.25) is 13.1 Å². The smallest absolute Gasteiger partial charge is 0.171 e. The van der Waals surface area contributed by atoms with Crippen LogP contribution in [-0.2, 0) is 11.0 Å². The molecule has 0 spiro atoms. The van der Waals surface area contributed by atoms with Crippen LogP contribution >= 0.6 is 0 Å². The van der Waals surface area contributed by atoms with Crippen molar-refractivity contribution in [1.29, 1.82) is 0 Å². The van der Waals surface area contributed by atoms with Crippen molar-refractivity contribution < 1.29 is 9.16 Å². The summed E-state index contributed by atoms with van der Waals surface area (Å²) in [4.78, 5) is 0. The highest BCUT2D eigenvalue weighted by molar-refractivity contribution is 6.48. The molecule has 0 aromatic heterocycles. The summed E-state index contributed by atoms with van der Waals surface area (Å²) in [5, 5.41) is 2.38. The van der Waals surface area contributed by atoms with E-state index in [1.807, 2.05) is 6.07 Å². The lowest BCUT2D eigenvalue weighted by Crippen LogP contribution is -2.26. The average Bonchev–Trinajstić information content (AvgIpc) is 2.49. The van der Waals surface area contributed by atoms with Crippen molar-refractivity contribution >= 4 is 19.8 Å². The highest BCUT2D eigenvalue weighted by atomic mass is 28.3. The van der Waals surface area contributed by atoms with Crippen molar-refractivity contribution in [2.75, 3.05) is 7.11 Å². The van der Waals surface area contributed by atoms with Gasteiger partial charge in [0.25, 0.3) is 0 Å². The summed E-state index contributed by atoms with van der Waals surface area (Å²) in [6.07, 6.45) is 0.0107. The Hall–Kier alpha value is -1.36. The van der Waals surface area contributed by atoms with Gasteiger partial charge in [-0.15, -0.1) is 0 Å². The fraction of sp³-hybridized carbons (Fsp3) is 0.474. The molecule has 2 aromatic rings. The third kappa shape index (κ3) is 3.94. The van der Waals surface area contributed by atoms with Gasteiger partial charge < -0.3 is 14.9 Å². The number of ether oxygens (including phenoxy) is 1. The van der Waals surface area contributed by atoms with Crippen LogP contribution in [0.5, 0.6) is 5.75 Å². The predicted octanol–water partition coefficient (Wildman–Crippen LogP) is 4.39. The first-order valence-electron chi connectivity index (χ1n) is 8.23. The molecule has 2 aromatic carbocycles. The first-order chi connectivity index (χ1) is 10.8. The largest absolute Gasteiger partial charge is 0.496 e. The molecule has 126 valence electrons. The molecule has 0 aliphatic carbocycles. The maximum Gasteiger partial charge on any atom is 0.171 e. The van der Waals surface area contributed by atoms with Crippen molar-refractivity contribution in [3.8, 4) is 5.75 Å².